The van der Waals surface area contributed by atoms with Gasteiger partial charge in [-0.15, -0.1) is 0 Å². The minimum Gasteiger partial charge on any atom is -0.367 e. The molecule has 30 heavy (non-hydrogen) atoms. The summed E-state index contributed by atoms with van der Waals surface area (Å²) in [5, 5.41) is 0. The number of hydrogen-bond acceptors (Lipinski definition) is 5. The number of likely N-dealkylation sites (N-methyl/N-ethyl adjacent to an activating group) is 1. The van der Waals surface area contributed by atoms with Crippen molar-refractivity contribution in [2.45, 2.75) is 31.8 Å². The molecule has 2 aromatic heterocycles. The molecule has 0 spiro atoms. The van der Waals surface area contributed by atoms with Gasteiger partial charge < -0.3 is 14.4 Å². The summed E-state index contributed by atoms with van der Waals surface area (Å²) in [7, 11) is 6.59. The Hall–Kier alpha value is -2.44. The van der Waals surface area contributed by atoms with Crippen LogP contribution in [0.1, 0.15) is 36.0 Å². The van der Waals surface area contributed by atoms with Crippen molar-refractivity contribution in [1.82, 2.24) is 24.3 Å². The third-order valence-corrected chi connectivity index (χ3v) is 6.90. The minimum absolute atomic E-state index is 0.367. The monoisotopic (exact) mass is 404 g/mol. The molecule has 1 saturated heterocycles. The van der Waals surface area contributed by atoms with E-state index in [1.807, 2.05) is 6.20 Å². The van der Waals surface area contributed by atoms with Crippen LogP contribution >= 0.6 is 0 Å². The molecule has 3 aromatic rings. The van der Waals surface area contributed by atoms with Crippen LogP contribution in [0.15, 0.2) is 36.5 Å². The maximum Gasteiger partial charge on any atom is 0.123 e. The molecule has 1 fully saturated rings. The average molecular weight is 405 g/mol. The second-order valence-electron chi connectivity index (χ2n) is 8.89. The molecule has 6 heteroatoms. The highest BCUT2D eigenvalue weighted by Crippen LogP contribution is 2.34. The number of pyridine rings is 1. The van der Waals surface area contributed by atoms with Gasteiger partial charge in [0.2, 0.25) is 0 Å². The second kappa shape index (κ2) is 8.00. The van der Waals surface area contributed by atoms with Crippen molar-refractivity contribution in [1.29, 1.82) is 0 Å². The molecular formula is C24H32N6. The molecule has 2 aliphatic rings. The summed E-state index contributed by atoms with van der Waals surface area (Å²) in [5.74, 6) is 1.12. The van der Waals surface area contributed by atoms with Crippen LogP contribution in [0.4, 0.5) is 5.69 Å². The first-order valence-corrected chi connectivity index (χ1v) is 11.1. The molecule has 0 N–H and O–H groups in total. The zero-order valence-electron chi connectivity index (χ0n) is 18.4. The van der Waals surface area contributed by atoms with Crippen LogP contribution in [0, 0.1) is 0 Å². The Labute approximate surface area is 179 Å². The highest BCUT2D eigenvalue weighted by molar-refractivity contribution is 5.89. The van der Waals surface area contributed by atoms with E-state index in [9.17, 15) is 0 Å². The SMILES string of the molecule is CN1CCN(c2cccc3nc(CN(C)[C@H]4CCCc5cccnc54)n(C)c23)CC1. The molecular weight excluding hydrogens is 372 g/mol. The van der Waals surface area contributed by atoms with Crippen molar-refractivity contribution in [3.8, 4) is 0 Å². The summed E-state index contributed by atoms with van der Waals surface area (Å²) < 4.78 is 2.31. The zero-order valence-corrected chi connectivity index (χ0v) is 18.4. The molecule has 1 atom stereocenters. The van der Waals surface area contributed by atoms with Gasteiger partial charge >= 0.3 is 0 Å². The highest BCUT2D eigenvalue weighted by Gasteiger charge is 2.26. The Bertz CT molecular complexity index is 1030. The summed E-state index contributed by atoms with van der Waals surface area (Å²) >= 11 is 0. The molecule has 0 unspecified atom stereocenters. The lowest BCUT2D eigenvalue weighted by atomic mass is 9.91. The molecule has 0 amide bonds. The molecule has 0 radical (unpaired) electrons. The predicted molar refractivity (Wildman–Crippen MR) is 122 cm³/mol. The maximum atomic E-state index is 5.04. The van der Waals surface area contributed by atoms with Gasteiger partial charge in [-0.2, -0.15) is 0 Å². The van der Waals surface area contributed by atoms with E-state index in [4.69, 9.17) is 9.97 Å². The fourth-order valence-corrected chi connectivity index (χ4v) is 5.09. The maximum absolute atomic E-state index is 5.04. The van der Waals surface area contributed by atoms with E-state index in [1.165, 1.54) is 28.9 Å². The predicted octanol–water partition coefficient (Wildman–Crippen LogP) is 3.23. The Morgan fingerprint density at radius 3 is 2.73 bits per heavy atom. The van der Waals surface area contributed by atoms with E-state index >= 15 is 0 Å². The molecule has 5 rings (SSSR count). The average Bonchev–Trinajstić information content (AvgIpc) is 3.09. The lowest BCUT2D eigenvalue weighted by molar-refractivity contribution is 0.202. The number of nitrogens with zero attached hydrogens (tertiary/aromatic N) is 6. The van der Waals surface area contributed by atoms with Crippen molar-refractivity contribution in [3.05, 3.63) is 53.6 Å². The van der Waals surface area contributed by atoms with Crippen LogP contribution in [0.2, 0.25) is 0 Å². The van der Waals surface area contributed by atoms with Crippen molar-refractivity contribution >= 4 is 16.7 Å². The molecule has 0 bridgehead atoms. The van der Waals surface area contributed by atoms with Crippen molar-refractivity contribution in [3.63, 3.8) is 0 Å². The quantitative estimate of drug-likeness (QED) is 0.668. The van der Waals surface area contributed by atoms with E-state index in [-0.39, 0.29) is 0 Å². The summed E-state index contributed by atoms with van der Waals surface area (Å²) in [6.45, 7) is 5.19. The summed E-state index contributed by atoms with van der Waals surface area (Å²) in [4.78, 5) is 17.1. The number of para-hydroxylation sites is 1. The lowest BCUT2D eigenvalue weighted by Gasteiger charge is -2.34. The summed E-state index contributed by atoms with van der Waals surface area (Å²) in [6.07, 6.45) is 5.47. The van der Waals surface area contributed by atoms with E-state index in [1.54, 1.807) is 0 Å². The Morgan fingerprint density at radius 1 is 1.07 bits per heavy atom. The van der Waals surface area contributed by atoms with Crippen LogP contribution in [0.5, 0.6) is 0 Å². The van der Waals surface area contributed by atoms with Crippen LogP contribution in [-0.2, 0) is 20.0 Å². The number of fused-ring (bicyclic) bond motifs is 2. The Balaban J connectivity index is 1.43. The first-order chi connectivity index (χ1) is 14.6. The standard InChI is InChI=1S/C24H32N6/c1-27-13-15-30(16-14-27)21-11-5-9-19-24(21)29(3)22(26-19)17-28(2)20-10-4-7-18-8-6-12-25-23(18)20/h5-6,8-9,11-12,20H,4,7,10,13-17H2,1-3H3/t20-/m0/s1. The Kier molecular flexibility index (Phi) is 5.21. The van der Waals surface area contributed by atoms with Gasteiger partial charge in [0.05, 0.1) is 35.0 Å². The smallest absolute Gasteiger partial charge is 0.123 e. The number of piperazine rings is 1. The minimum atomic E-state index is 0.367. The summed E-state index contributed by atoms with van der Waals surface area (Å²) in [6, 6.07) is 11.2. The van der Waals surface area contributed by atoms with Crippen LogP contribution in [0.25, 0.3) is 11.0 Å². The van der Waals surface area contributed by atoms with Crippen molar-refractivity contribution in [2.75, 3.05) is 45.2 Å². The second-order valence-corrected chi connectivity index (χ2v) is 8.89. The van der Waals surface area contributed by atoms with Gasteiger partial charge in [0, 0.05) is 39.4 Å². The Morgan fingerprint density at radius 2 is 1.90 bits per heavy atom. The van der Waals surface area contributed by atoms with Gasteiger partial charge in [0.15, 0.2) is 0 Å². The van der Waals surface area contributed by atoms with E-state index in [0.717, 1.165) is 56.9 Å². The van der Waals surface area contributed by atoms with Gasteiger partial charge in [-0.05, 0) is 57.1 Å². The fraction of sp³-hybridized carbons (Fsp3) is 0.500. The molecule has 1 aliphatic carbocycles. The fourth-order valence-electron chi connectivity index (χ4n) is 5.09. The normalized spacial score (nSPS) is 20.1. The number of aromatic nitrogens is 3. The molecule has 1 aliphatic heterocycles. The van der Waals surface area contributed by atoms with Crippen LogP contribution < -0.4 is 4.90 Å². The summed E-state index contributed by atoms with van der Waals surface area (Å²) in [5.41, 5.74) is 6.33. The number of rotatable bonds is 4. The molecule has 3 heterocycles. The van der Waals surface area contributed by atoms with E-state index < -0.39 is 0 Å². The van der Waals surface area contributed by atoms with Gasteiger partial charge in [-0.1, -0.05) is 12.1 Å². The van der Waals surface area contributed by atoms with Crippen molar-refractivity contribution in [2.24, 2.45) is 7.05 Å². The van der Waals surface area contributed by atoms with E-state index in [0.29, 0.717) is 6.04 Å². The number of hydrogen-bond donors (Lipinski definition) is 0. The number of imidazole rings is 1. The topological polar surface area (TPSA) is 40.4 Å². The molecule has 0 saturated carbocycles. The van der Waals surface area contributed by atoms with Crippen LogP contribution in [-0.4, -0.2) is 64.6 Å². The van der Waals surface area contributed by atoms with Crippen LogP contribution in [0.3, 0.4) is 0 Å². The number of anilines is 1. The molecule has 1 aromatic carbocycles. The number of benzene rings is 1. The van der Waals surface area contributed by atoms with Crippen molar-refractivity contribution < 1.29 is 0 Å². The van der Waals surface area contributed by atoms with Gasteiger partial charge in [-0.3, -0.25) is 9.88 Å². The molecule has 158 valence electrons. The van der Waals surface area contributed by atoms with Gasteiger partial charge in [0.25, 0.3) is 0 Å². The molecule has 6 nitrogen and oxygen atoms in total. The van der Waals surface area contributed by atoms with E-state index in [2.05, 4.69) is 70.7 Å². The van der Waals surface area contributed by atoms with Gasteiger partial charge in [-0.25, -0.2) is 4.98 Å². The highest BCUT2D eigenvalue weighted by atomic mass is 15.3. The zero-order chi connectivity index (χ0) is 20.7. The third-order valence-electron chi connectivity index (χ3n) is 6.90. The lowest BCUT2D eigenvalue weighted by Crippen LogP contribution is -2.44. The van der Waals surface area contributed by atoms with Gasteiger partial charge in [0.1, 0.15) is 5.82 Å². The third kappa shape index (κ3) is 3.48. The largest absolute Gasteiger partial charge is 0.367 e. The first kappa shape index (κ1) is 19.5. The number of aryl methyl sites for hydroxylation is 2. The first-order valence-electron chi connectivity index (χ1n) is 11.1.